The van der Waals surface area contributed by atoms with Gasteiger partial charge in [0, 0.05) is 30.5 Å². The SMILES string of the molecule is CC1(C)CC(Nc2cc(F)c(F)c(F)c2)CCO1. The van der Waals surface area contributed by atoms with E-state index < -0.39 is 17.5 Å². The van der Waals surface area contributed by atoms with E-state index in [1.54, 1.807) is 0 Å². The predicted molar refractivity (Wildman–Crippen MR) is 63.0 cm³/mol. The summed E-state index contributed by atoms with van der Waals surface area (Å²) in [4.78, 5) is 0. The third-order valence-electron chi connectivity index (χ3n) is 3.05. The Balaban J connectivity index is 2.10. The van der Waals surface area contributed by atoms with E-state index in [-0.39, 0.29) is 17.3 Å². The second kappa shape index (κ2) is 4.80. The maximum absolute atomic E-state index is 13.1. The van der Waals surface area contributed by atoms with Crippen molar-refractivity contribution in [2.24, 2.45) is 0 Å². The normalized spacial score (nSPS) is 22.8. The monoisotopic (exact) mass is 259 g/mol. The van der Waals surface area contributed by atoms with Gasteiger partial charge in [-0.1, -0.05) is 0 Å². The van der Waals surface area contributed by atoms with Crippen molar-refractivity contribution in [3.8, 4) is 0 Å². The fraction of sp³-hybridized carbons (Fsp3) is 0.538. The zero-order valence-corrected chi connectivity index (χ0v) is 10.4. The van der Waals surface area contributed by atoms with Crippen molar-refractivity contribution in [2.45, 2.75) is 38.3 Å². The standard InChI is InChI=1S/C13H16F3NO/c1-13(2)7-8(3-4-18-13)17-9-5-10(14)12(16)11(15)6-9/h5-6,8,17H,3-4,7H2,1-2H3. The highest BCUT2D eigenvalue weighted by Gasteiger charge is 2.28. The summed E-state index contributed by atoms with van der Waals surface area (Å²) in [7, 11) is 0. The topological polar surface area (TPSA) is 21.3 Å². The molecule has 1 aromatic rings. The first-order valence-corrected chi connectivity index (χ1v) is 5.92. The number of hydrogen-bond acceptors (Lipinski definition) is 2. The van der Waals surface area contributed by atoms with Gasteiger partial charge >= 0.3 is 0 Å². The van der Waals surface area contributed by atoms with E-state index in [0.717, 1.165) is 25.0 Å². The van der Waals surface area contributed by atoms with Crippen LogP contribution in [0.2, 0.25) is 0 Å². The molecule has 100 valence electrons. The lowest BCUT2D eigenvalue weighted by atomic mass is 9.94. The Labute approximate surface area is 104 Å². The highest BCUT2D eigenvalue weighted by Crippen LogP contribution is 2.27. The summed E-state index contributed by atoms with van der Waals surface area (Å²) in [6.45, 7) is 4.52. The van der Waals surface area contributed by atoms with Gasteiger partial charge in [0.05, 0.1) is 5.60 Å². The van der Waals surface area contributed by atoms with Gasteiger partial charge in [-0.3, -0.25) is 0 Å². The molecular formula is C13H16F3NO. The first-order valence-electron chi connectivity index (χ1n) is 5.92. The molecule has 0 spiro atoms. The summed E-state index contributed by atoms with van der Waals surface area (Å²) in [6, 6.07) is 2.01. The third-order valence-corrected chi connectivity index (χ3v) is 3.05. The molecule has 1 heterocycles. The van der Waals surface area contributed by atoms with Gasteiger partial charge < -0.3 is 10.1 Å². The fourth-order valence-electron chi connectivity index (χ4n) is 2.23. The number of benzene rings is 1. The quantitative estimate of drug-likeness (QED) is 0.821. The molecule has 0 radical (unpaired) electrons. The van der Waals surface area contributed by atoms with E-state index in [1.807, 2.05) is 13.8 Å². The van der Waals surface area contributed by atoms with Gasteiger partial charge in [-0.25, -0.2) is 13.2 Å². The van der Waals surface area contributed by atoms with Crippen LogP contribution in [-0.4, -0.2) is 18.2 Å². The lowest BCUT2D eigenvalue weighted by Crippen LogP contribution is -2.40. The lowest BCUT2D eigenvalue weighted by Gasteiger charge is -2.36. The Morgan fingerprint density at radius 2 is 1.83 bits per heavy atom. The van der Waals surface area contributed by atoms with Crippen molar-refractivity contribution >= 4 is 5.69 Å². The Hall–Kier alpha value is -1.23. The first kappa shape index (κ1) is 13.2. The van der Waals surface area contributed by atoms with E-state index in [9.17, 15) is 13.2 Å². The number of halogens is 3. The minimum absolute atomic E-state index is 0.0676. The summed E-state index contributed by atoms with van der Waals surface area (Å²) in [5.74, 6) is -3.79. The van der Waals surface area contributed by atoms with E-state index in [1.165, 1.54) is 0 Å². The number of ether oxygens (including phenoxy) is 1. The second-order valence-corrected chi connectivity index (χ2v) is 5.20. The number of rotatable bonds is 2. The molecule has 1 aromatic carbocycles. The lowest BCUT2D eigenvalue weighted by molar-refractivity contribution is -0.0553. The molecule has 5 heteroatoms. The molecule has 2 nitrogen and oxygen atoms in total. The Kier molecular flexibility index (Phi) is 3.52. The number of nitrogens with one attached hydrogen (secondary N) is 1. The van der Waals surface area contributed by atoms with Crippen molar-refractivity contribution in [3.63, 3.8) is 0 Å². The molecule has 0 saturated carbocycles. The van der Waals surface area contributed by atoms with Crippen molar-refractivity contribution < 1.29 is 17.9 Å². The minimum Gasteiger partial charge on any atom is -0.382 e. The van der Waals surface area contributed by atoms with Crippen molar-refractivity contribution in [1.29, 1.82) is 0 Å². The molecule has 1 fully saturated rings. The average molecular weight is 259 g/mol. The van der Waals surface area contributed by atoms with Gasteiger partial charge in [0.2, 0.25) is 0 Å². The van der Waals surface area contributed by atoms with Gasteiger partial charge in [0.25, 0.3) is 0 Å². The number of anilines is 1. The van der Waals surface area contributed by atoms with Gasteiger partial charge in [0.15, 0.2) is 17.5 Å². The summed E-state index contributed by atoms with van der Waals surface area (Å²) in [5.41, 5.74) is 0.00152. The van der Waals surface area contributed by atoms with E-state index >= 15 is 0 Å². The zero-order valence-electron chi connectivity index (χ0n) is 10.4. The number of hydrogen-bond donors (Lipinski definition) is 1. The van der Waals surface area contributed by atoms with Crippen LogP contribution in [0.1, 0.15) is 26.7 Å². The summed E-state index contributed by atoms with van der Waals surface area (Å²) >= 11 is 0. The second-order valence-electron chi connectivity index (χ2n) is 5.20. The molecule has 0 aliphatic carbocycles. The molecular weight excluding hydrogens is 243 g/mol. The van der Waals surface area contributed by atoms with Crippen molar-refractivity contribution in [1.82, 2.24) is 0 Å². The van der Waals surface area contributed by atoms with Gasteiger partial charge in [-0.15, -0.1) is 0 Å². The van der Waals surface area contributed by atoms with E-state index in [2.05, 4.69) is 5.32 Å². The Morgan fingerprint density at radius 3 is 2.39 bits per heavy atom. The van der Waals surface area contributed by atoms with Crippen LogP contribution in [0.25, 0.3) is 0 Å². The van der Waals surface area contributed by atoms with Crippen LogP contribution < -0.4 is 5.32 Å². The molecule has 1 aliphatic rings. The molecule has 18 heavy (non-hydrogen) atoms. The van der Waals surface area contributed by atoms with Gasteiger partial charge in [-0.05, 0) is 26.7 Å². The summed E-state index contributed by atoms with van der Waals surface area (Å²) in [6.07, 6.45) is 1.48. The van der Waals surface area contributed by atoms with Crippen LogP contribution in [0.3, 0.4) is 0 Å². The van der Waals surface area contributed by atoms with E-state index in [4.69, 9.17) is 4.74 Å². The van der Waals surface area contributed by atoms with E-state index in [0.29, 0.717) is 6.61 Å². The van der Waals surface area contributed by atoms with Gasteiger partial charge in [-0.2, -0.15) is 0 Å². The highest BCUT2D eigenvalue weighted by molar-refractivity contribution is 5.45. The Bertz CT molecular complexity index is 425. The molecule has 1 atom stereocenters. The highest BCUT2D eigenvalue weighted by atomic mass is 19.2. The molecule has 0 amide bonds. The van der Waals surface area contributed by atoms with Crippen LogP contribution in [0.15, 0.2) is 12.1 Å². The molecule has 1 unspecified atom stereocenters. The molecule has 1 N–H and O–H groups in total. The maximum Gasteiger partial charge on any atom is 0.194 e. The van der Waals surface area contributed by atoms with Crippen LogP contribution in [-0.2, 0) is 4.74 Å². The molecule has 2 rings (SSSR count). The first-order chi connectivity index (χ1) is 8.37. The molecule has 1 saturated heterocycles. The Morgan fingerprint density at radius 1 is 1.22 bits per heavy atom. The predicted octanol–water partition coefficient (Wildman–Crippen LogP) is 3.47. The smallest absolute Gasteiger partial charge is 0.194 e. The molecule has 0 aromatic heterocycles. The largest absolute Gasteiger partial charge is 0.382 e. The van der Waals surface area contributed by atoms with Gasteiger partial charge in [0.1, 0.15) is 0 Å². The van der Waals surface area contributed by atoms with Crippen LogP contribution in [0, 0.1) is 17.5 Å². The van der Waals surface area contributed by atoms with Crippen LogP contribution in [0.5, 0.6) is 0 Å². The molecule has 1 aliphatic heterocycles. The average Bonchev–Trinajstić information content (AvgIpc) is 2.24. The third kappa shape index (κ3) is 2.96. The van der Waals surface area contributed by atoms with Crippen LogP contribution in [0.4, 0.5) is 18.9 Å². The van der Waals surface area contributed by atoms with Crippen molar-refractivity contribution in [3.05, 3.63) is 29.6 Å². The maximum atomic E-state index is 13.1. The minimum atomic E-state index is -1.44. The molecule has 0 bridgehead atoms. The summed E-state index contributed by atoms with van der Waals surface area (Å²) in [5, 5.41) is 3.02. The zero-order chi connectivity index (χ0) is 13.3. The van der Waals surface area contributed by atoms with Crippen molar-refractivity contribution in [2.75, 3.05) is 11.9 Å². The fourth-order valence-corrected chi connectivity index (χ4v) is 2.23. The van der Waals surface area contributed by atoms with Crippen LogP contribution >= 0.6 is 0 Å². The summed E-state index contributed by atoms with van der Waals surface area (Å²) < 4.78 is 44.5.